The highest BCUT2D eigenvalue weighted by atomic mass is 127. The molecule has 1 N–H and O–H groups in total. The van der Waals surface area contributed by atoms with Gasteiger partial charge < -0.3 is 5.32 Å². The van der Waals surface area contributed by atoms with Crippen molar-refractivity contribution in [2.75, 3.05) is 6.54 Å². The Morgan fingerprint density at radius 3 is 2.48 bits per heavy atom. The fraction of sp³-hybridized carbons (Fsp3) is 0.294. The highest BCUT2D eigenvalue weighted by molar-refractivity contribution is 14.1. The van der Waals surface area contributed by atoms with Crippen LogP contribution in [0.1, 0.15) is 36.1 Å². The topological polar surface area (TPSA) is 12.0 Å². The number of nitrogens with one attached hydrogen (secondary N) is 1. The monoisotopic (exact) mass is 401 g/mol. The summed E-state index contributed by atoms with van der Waals surface area (Å²) in [5.74, 6) is -1.01. The molecule has 1 atom stereocenters. The molecule has 21 heavy (non-hydrogen) atoms. The zero-order valence-electron chi connectivity index (χ0n) is 12.1. The van der Waals surface area contributed by atoms with Crippen LogP contribution in [0.25, 0.3) is 0 Å². The number of rotatable bonds is 5. The van der Waals surface area contributed by atoms with Crippen molar-refractivity contribution in [2.24, 2.45) is 0 Å². The summed E-state index contributed by atoms with van der Waals surface area (Å²) in [5, 5.41) is 3.36. The Morgan fingerprint density at radius 2 is 1.81 bits per heavy atom. The number of hydrogen-bond donors (Lipinski definition) is 1. The maximum absolute atomic E-state index is 14.2. The minimum absolute atomic E-state index is 0.266. The van der Waals surface area contributed by atoms with Gasteiger partial charge in [-0.15, -0.1) is 0 Å². The molecule has 0 spiro atoms. The van der Waals surface area contributed by atoms with Crippen LogP contribution in [0, 0.1) is 22.1 Å². The average molecular weight is 401 g/mol. The Labute approximate surface area is 137 Å². The van der Waals surface area contributed by atoms with E-state index in [2.05, 4.69) is 34.8 Å². The molecule has 4 heteroatoms. The van der Waals surface area contributed by atoms with E-state index in [4.69, 9.17) is 0 Å². The van der Waals surface area contributed by atoms with Gasteiger partial charge in [0.25, 0.3) is 0 Å². The highest BCUT2D eigenvalue weighted by Gasteiger charge is 2.20. The Kier molecular flexibility index (Phi) is 5.70. The third-order valence-corrected chi connectivity index (χ3v) is 4.39. The minimum Gasteiger partial charge on any atom is -0.306 e. The molecule has 0 fully saturated rings. The van der Waals surface area contributed by atoms with Crippen molar-refractivity contribution in [3.63, 3.8) is 0 Å². The van der Waals surface area contributed by atoms with E-state index in [1.165, 1.54) is 0 Å². The van der Waals surface area contributed by atoms with Crippen LogP contribution < -0.4 is 5.32 Å². The van der Waals surface area contributed by atoms with Crippen LogP contribution in [-0.4, -0.2) is 6.54 Å². The Morgan fingerprint density at radius 1 is 1.10 bits per heavy atom. The number of benzene rings is 2. The predicted octanol–water partition coefficient (Wildman–Crippen LogP) is 4.97. The van der Waals surface area contributed by atoms with E-state index in [1.54, 1.807) is 13.0 Å². The Hall–Kier alpha value is -1.01. The van der Waals surface area contributed by atoms with Crippen molar-refractivity contribution in [1.82, 2.24) is 5.32 Å². The first-order chi connectivity index (χ1) is 10.0. The summed E-state index contributed by atoms with van der Waals surface area (Å²) in [7, 11) is 0. The van der Waals surface area contributed by atoms with Crippen molar-refractivity contribution in [3.05, 3.63) is 68.3 Å². The normalized spacial score (nSPS) is 12.4. The predicted molar refractivity (Wildman–Crippen MR) is 90.4 cm³/mol. The van der Waals surface area contributed by atoms with Crippen LogP contribution >= 0.6 is 22.6 Å². The fourth-order valence-corrected chi connectivity index (χ4v) is 2.98. The molecule has 2 aromatic rings. The first-order valence-electron chi connectivity index (χ1n) is 6.98. The minimum atomic E-state index is -0.508. The molecule has 2 rings (SSSR count). The second-order valence-electron chi connectivity index (χ2n) is 5.03. The molecular formula is C17H18F2IN. The van der Waals surface area contributed by atoms with Crippen molar-refractivity contribution < 1.29 is 8.78 Å². The van der Waals surface area contributed by atoms with Gasteiger partial charge in [0, 0.05) is 15.2 Å². The van der Waals surface area contributed by atoms with Crippen molar-refractivity contribution >= 4 is 22.6 Å². The lowest BCUT2D eigenvalue weighted by Crippen LogP contribution is -2.25. The molecule has 0 amide bonds. The van der Waals surface area contributed by atoms with Crippen molar-refractivity contribution in [2.45, 2.75) is 26.3 Å². The SMILES string of the molecule is CCCNC(c1cc(C)c(F)cc1F)c1ccccc1I. The van der Waals surface area contributed by atoms with Gasteiger partial charge in [0.1, 0.15) is 11.6 Å². The second-order valence-corrected chi connectivity index (χ2v) is 6.19. The van der Waals surface area contributed by atoms with Crippen LogP contribution in [0.4, 0.5) is 8.78 Å². The van der Waals surface area contributed by atoms with Gasteiger partial charge in [-0.2, -0.15) is 0 Å². The molecule has 112 valence electrons. The molecule has 0 heterocycles. The van der Waals surface area contributed by atoms with E-state index < -0.39 is 11.6 Å². The summed E-state index contributed by atoms with van der Waals surface area (Å²) >= 11 is 2.24. The summed E-state index contributed by atoms with van der Waals surface area (Å²) in [6.07, 6.45) is 0.946. The van der Waals surface area contributed by atoms with Gasteiger partial charge in [-0.3, -0.25) is 0 Å². The van der Waals surface area contributed by atoms with Crippen LogP contribution in [0.15, 0.2) is 36.4 Å². The first-order valence-corrected chi connectivity index (χ1v) is 8.05. The molecule has 0 aromatic heterocycles. The summed E-state index contributed by atoms with van der Waals surface area (Å²) in [6.45, 7) is 4.49. The number of hydrogen-bond acceptors (Lipinski definition) is 1. The summed E-state index contributed by atoms with van der Waals surface area (Å²) in [4.78, 5) is 0. The lowest BCUT2D eigenvalue weighted by Gasteiger charge is -2.22. The van der Waals surface area contributed by atoms with Gasteiger partial charge in [-0.05, 0) is 65.7 Å². The number of halogens is 3. The molecule has 2 aromatic carbocycles. The van der Waals surface area contributed by atoms with Crippen molar-refractivity contribution in [3.8, 4) is 0 Å². The maximum atomic E-state index is 14.2. The number of aryl methyl sites for hydroxylation is 1. The quantitative estimate of drug-likeness (QED) is 0.698. The summed E-state index contributed by atoms with van der Waals surface area (Å²) in [5.41, 5.74) is 1.96. The second kappa shape index (κ2) is 7.31. The molecule has 0 saturated carbocycles. The third kappa shape index (κ3) is 3.80. The first kappa shape index (κ1) is 16.4. The lowest BCUT2D eigenvalue weighted by molar-refractivity contribution is 0.529. The van der Waals surface area contributed by atoms with Crippen LogP contribution in [-0.2, 0) is 0 Å². The van der Waals surface area contributed by atoms with Crippen LogP contribution in [0.3, 0.4) is 0 Å². The van der Waals surface area contributed by atoms with Gasteiger partial charge in [0.15, 0.2) is 0 Å². The average Bonchev–Trinajstić information content (AvgIpc) is 2.46. The van der Waals surface area contributed by atoms with Crippen LogP contribution in [0.2, 0.25) is 0 Å². The standard InChI is InChI=1S/C17H18F2IN/c1-3-8-21-17(12-6-4-5-7-16(12)20)13-9-11(2)14(18)10-15(13)19/h4-7,9-10,17,21H,3,8H2,1-2H3. The molecular weight excluding hydrogens is 383 g/mol. The van der Waals surface area contributed by atoms with E-state index in [0.717, 1.165) is 28.2 Å². The largest absolute Gasteiger partial charge is 0.306 e. The molecule has 1 unspecified atom stereocenters. The molecule has 0 aliphatic carbocycles. The van der Waals surface area contributed by atoms with Crippen molar-refractivity contribution in [1.29, 1.82) is 0 Å². The van der Waals surface area contributed by atoms with Gasteiger partial charge in [-0.25, -0.2) is 8.78 Å². The smallest absolute Gasteiger partial charge is 0.131 e. The molecule has 0 radical (unpaired) electrons. The fourth-order valence-electron chi connectivity index (χ4n) is 2.29. The zero-order chi connectivity index (χ0) is 15.4. The van der Waals surface area contributed by atoms with Gasteiger partial charge in [-0.1, -0.05) is 25.1 Å². The maximum Gasteiger partial charge on any atom is 0.131 e. The Bertz CT molecular complexity index is 628. The van der Waals surface area contributed by atoms with Gasteiger partial charge >= 0.3 is 0 Å². The van der Waals surface area contributed by atoms with Crippen LogP contribution in [0.5, 0.6) is 0 Å². The molecule has 1 nitrogen and oxygen atoms in total. The van der Waals surface area contributed by atoms with E-state index in [9.17, 15) is 8.78 Å². The van der Waals surface area contributed by atoms with E-state index in [0.29, 0.717) is 11.1 Å². The van der Waals surface area contributed by atoms with E-state index in [-0.39, 0.29) is 6.04 Å². The summed E-state index contributed by atoms with van der Waals surface area (Å²) in [6, 6.07) is 10.2. The van der Waals surface area contributed by atoms with E-state index in [1.807, 2.05) is 24.3 Å². The Balaban J connectivity index is 2.51. The third-order valence-electron chi connectivity index (χ3n) is 3.40. The molecule has 0 aliphatic rings. The van der Waals surface area contributed by atoms with E-state index >= 15 is 0 Å². The molecule has 0 bridgehead atoms. The summed E-state index contributed by atoms with van der Waals surface area (Å²) < 4.78 is 28.8. The molecule has 0 aliphatic heterocycles. The zero-order valence-corrected chi connectivity index (χ0v) is 14.2. The lowest BCUT2D eigenvalue weighted by atomic mass is 9.96. The highest BCUT2D eigenvalue weighted by Crippen LogP contribution is 2.29. The van der Waals surface area contributed by atoms with Gasteiger partial charge in [0.2, 0.25) is 0 Å². The molecule has 0 saturated heterocycles. The van der Waals surface area contributed by atoms with Gasteiger partial charge in [0.05, 0.1) is 6.04 Å².